The molecule has 0 spiro atoms. The Morgan fingerprint density at radius 1 is 1.25 bits per heavy atom. The van der Waals surface area contributed by atoms with Crippen LogP contribution in [0.5, 0.6) is 0 Å². The topological polar surface area (TPSA) is 39.6 Å². The molecular formula is C12H19N3O. The van der Waals surface area contributed by atoms with Crippen molar-refractivity contribution in [3.63, 3.8) is 0 Å². The van der Waals surface area contributed by atoms with E-state index in [9.17, 15) is 5.11 Å². The van der Waals surface area contributed by atoms with Crippen LogP contribution in [0.25, 0.3) is 0 Å². The molecule has 0 radical (unpaired) electrons. The maximum absolute atomic E-state index is 9.38. The van der Waals surface area contributed by atoms with Gasteiger partial charge < -0.3 is 14.9 Å². The summed E-state index contributed by atoms with van der Waals surface area (Å²) in [6.45, 7) is 6.02. The molecule has 1 aliphatic rings. The van der Waals surface area contributed by atoms with E-state index >= 15 is 0 Å². The average Bonchev–Trinajstić information content (AvgIpc) is 2.30. The van der Waals surface area contributed by atoms with Crippen LogP contribution < -0.4 is 4.90 Å². The van der Waals surface area contributed by atoms with Gasteiger partial charge in [-0.25, -0.2) is 0 Å². The first-order valence-corrected chi connectivity index (χ1v) is 5.74. The number of hydrogen-bond donors (Lipinski definition) is 1. The maximum Gasteiger partial charge on any atom is 0.0931 e. The Labute approximate surface area is 96.5 Å². The normalized spacial score (nSPS) is 19.8. The highest BCUT2D eigenvalue weighted by Gasteiger charge is 2.14. The molecular weight excluding hydrogens is 202 g/mol. The molecule has 88 valence electrons. The summed E-state index contributed by atoms with van der Waals surface area (Å²) in [4.78, 5) is 8.93. The molecule has 2 heterocycles. The molecule has 1 N–H and O–H groups in total. The van der Waals surface area contributed by atoms with Crippen molar-refractivity contribution in [3.05, 3.63) is 24.0 Å². The van der Waals surface area contributed by atoms with Crippen LogP contribution in [-0.2, 0) is 0 Å². The van der Waals surface area contributed by atoms with Crippen molar-refractivity contribution in [2.45, 2.75) is 13.0 Å². The lowest BCUT2D eigenvalue weighted by molar-refractivity contribution is 0.194. The number of rotatable bonds is 2. The first-order valence-electron chi connectivity index (χ1n) is 5.74. The monoisotopic (exact) mass is 221 g/mol. The van der Waals surface area contributed by atoms with E-state index < -0.39 is 6.10 Å². The number of aliphatic hydroxyl groups excluding tert-OH is 1. The zero-order valence-corrected chi connectivity index (χ0v) is 9.93. The Hall–Kier alpha value is -1.13. The van der Waals surface area contributed by atoms with Gasteiger partial charge in [0.2, 0.25) is 0 Å². The summed E-state index contributed by atoms with van der Waals surface area (Å²) >= 11 is 0. The van der Waals surface area contributed by atoms with E-state index in [1.54, 1.807) is 6.92 Å². The Balaban J connectivity index is 2.04. The third-order valence-electron chi connectivity index (χ3n) is 3.07. The van der Waals surface area contributed by atoms with Crippen LogP contribution in [0.2, 0.25) is 0 Å². The summed E-state index contributed by atoms with van der Waals surface area (Å²) in [7, 11) is 2.14. The summed E-state index contributed by atoms with van der Waals surface area (Å²) < 4.78 is 0. The molecule has 1 saturated heterocycles. The molecule has 0 bridgehead atoms. The van der Waals surface area contributed by atoms with Gasteiger partial charge >= 0.3 is 0 Å². The third kappa shape index (κ3) is 2.51. The van der Waals surface area contributed by atoms with Gasteiger partial charge in [0, 0.05) is 26.2 Å². The van der Waals surface area contributed by atoms with Crippen molar-refractivity contribution in [1.82, 2.24) is 9.88 Å². The van der Waals surface area contributed by atoms with E-state index in [0.29, 0.717) is 0 Å². The second-order valence-electron chi connectivity index (χ2n) is 4.41. The van der Waals surface area contributed by atoms with Crippen LogP contribution in [0.15, 0.2) is 18.3 Å². The van der Waals surface area contributed by atoms with E-state index in [2.05, 4.69) is 21.8 Å². The molecule has 1 atom stereocenters. The minimum atomic E-state index is -0.485. The molecule has 0 unspecified atom stereocenters. The Kier molecular flexibility index (Phi) is 3.41. The molecule has 16 heavy (non-hydrogen) atoms. The van der Waals surface area contributed by atoms with E-state index in [0.717, 1.165) is 37.6 Å². The fourth-order valence-corrected chi connectivity index (χ4v) is 1.90. The lowest BCUT2D eigenvalue weighted by atomic mass is 10.2. The van der Waals surface area contributed by atoms with Crippen molar-refractivity contribution in [2.24, 2.45) is 0 Å². The summed E-state index contributed by atoms with van der Waals surface area (Å²) in [6.07, 6.45) is 1.37. The standard InChI is InChI=1S/C12H19N3O/c1-10(16)12-4-3-11(9-13-12)15-7-5-14(2)6-8-15/h3-4,9-10,16H,5-8H2,1-2H3/t10-/m0/s1. The highest BCUT2D eigenvalue weighted by molar-refractivity contribution is 5.45. The van der Waals surface area contributed by atoms with Crippen molar-refractivity contribution in [2.75, 3.05) is 38.1 Å². The van der Waals surface area contributed by atoms with Gasteiger partial charge in [0.1, 0.15) is 0 Å². The van der Waals surface area contributed by atoms with Gasteiger partial charge in [-0.2, -0.15) is 0 Å². The largest absolute Gasteiger partial charge is 0.387 e. The molecule has 1 aliphatic heterocycles. The Bertz CT molecular complexity index is 329. The van der Waals surface area contributed by atoms with Gasteiger partial charge in [-0.3, -0.25) is 4.98 Å². The number of hydrogen-bond acceptors (Lipinski definition) is 4. The fourth-order valence-electron chi connectivity index (χ4n) is 1.90. The van der Waals surface area contributed by atoms with Crippen LogP contribution in [0, 0.1) is 0 Å². The SMILES string of the molecule is C[C@H](O)c1ccc(N2CCN(C)CC2)cn1. The fraction of sp³-hybridized carbons (Fsp3) is 0.583. The molecule has 4 nitrogen and oxygen atoms in total. The minimum absolute atomic E-state index is 0.485. The quantitative estimate of drug-likeness (QED) is 0.805. The highest BCUT2D eigenvalue weighted by atomic mass is 16.3. The molecule has 0 aliphatic carbocycles. The summed E-state index contributed by atoms with van der Waals surface area (Å²) in [5.41, 5.74) is 1.88. The van der Waals surface area contributed by atoms with Gasteiger partial charge in [0.25, 0.3) is 0 Å². The van der Waals surface area contributed by atoms with Crippen molar-refractivity contribution in [3.8, 4) is 0 Å². The molecule has 1 aromatic rings. The second kappa shape index (κ2) is 4.80. The predicted molar refractivity (Wildman–Crippen MR) is 64.6 cm³/mol. The van der Waals surface area contributed by atoms with Crippen molar-refractivity contribution in [1.29, 1.82) is 0 Å². The van der Waals surface area contributed by atoms with Gasteiger partial charge in [0.15, 0.2) is 0 Å². The highest BCUT2D eigenvalue weighted by Crippen LogP contribution is 2.17. The minimum Gasteiger partial charge on any atom is -0.387 e. The number of nitrogens with zero attached hydrogens (tertiary/aromatic N) is 3. The molecule has 1 aromatic heterocycles. The smallest absolute Gasteiger partial charge is 0.0931 e. The Morgan fingerprint density at radius 2 is 1.94 bits per heavy atom. The summed E-state index contributed by atoms with van der Waals surface area (Å²) in [5, 5.41) is 9.38. The number of piperazine rings is 1. The van der Waals surface area contributed by atoms with Crippen molar-refractivity contribution >= 4 is 5.69 Å². The van der Waals surface area contributed by atoms with E-state index in [-0.39, 0.29) is 0 Å². The van der Waals surface area contributed by atoms with Crippen LogP contribution >= 0.6 is 0 Å². The molecule has 2 rings (SSSR count). The number of pyridine rings is 1. The zero-order chi connectivity index (χ0) is 11.5. The number of aliphatic hydroxyl groups is 1. The van der Waals surface area contributed by atoms with E-state index in [1.165, 1.54) is 0 Å². The second-order valence-corrected chi connectivity index (χ2v) is 4.41. The summed E-state index contributed by atoms with van der Waals surface area (Å²) in [6, 6.07) is 3.94. The number of aromatic nitrogens is 1. The molecule has 0 saturated carbocycles. The molecule has 4 heteroatoms. The molecule has 0 amide bonds. The molecule has 1 fully saturated rings. The maximum atomic E-state index is 9.38. The average molecular weight is 221 g/mol. The third-order valence-corrected chi connectivity index (χ3v) is 3.07. The van der Waals surface area contributed by atoms with Gasteiger partial charge in [-0.05, 0) is 26.1 Å². The van der Waals surface area contributed by atoms with Crippen molar-refractivity contribution < 1.29 is 5.11 Å². The van der Waals surface area contributed by atoms with Crippen LogP contribution in [-0.4, -0.2) is 48.2 Å². The van der Waals surface area contributed by atoms with E-state index in [4.69, 9.17) is 0 Å². The molecule has 0 aromatic carbocycles. The summed E-state index contributed by atoms with van der Waals surface area (Å²) in [5.74, 6) is 0. The van der Waals surface area contributed by atoms with Crippen LogP contribution in [0.1, 0.15) is 18.7 Å². The van der Waals surface area contributed by atoms with Gasteiger partial charge in [-0.15, -0.1) is 0 Å². The zero-order valence-electron chi connectivity index (χ0n) is 9.93. The first kappa shape index (κ1) is 11.4. The number of likely N-dealkylation sites (N-methyl/N-ethyl adjacent to an activating group) is 1. The van der Waals surface area contributed by atoms with Gasteiger partial charge in [0.05, 0.1) is 23.7 Å². The lowest BCUT2D eigenvalue weighted by Crippen LogP contribution is -2.44. The van der Waals surface area contributed by atoms with Crippen LogP contribution in [0.3, 0.4) is 0 Å². The first-order chi connectivity index (χ1) is 7.66. The Morgan fingerprint density at radius 3 is 2.44 bits per heavy atom. The van der Waals surface area contributed by atoms with E-state index in [1.807, 2.05) is 18.3 Å². The predicted octanol–water partition coefficient (Wildman–Crippen LogP) is 0.887. The van der Waals surface area contributed by atoms with Gasteiger partial charge in [-0.1, -0.05) is 0 Å². The number of anilines is 1. The van der Waals surface area contributed by atoms with Crippen LogP contribution in [0.4, 0.5) is 5.69 Å². The lowest BCUT2D eigenvalue weighted by Gasteiger charge is -2.33.